The minimum Gasteiger partial charge on any atom is -0.391 e. The highest BCUT2D eigenvalue weighted by atomic mass is 16.3. The van der Waals surface area contributed by atoms with E-state index in [1.165, 1.54) is 10.8 Å². The van der Waals surface area contributed by atoms with Crippen LogP contribution in [0.5, 0.6) is 0 Å². The standard InChI is InChI=1S/C21H23N3O2/c1-14-11-19(23(2)22-14)21(26)24-10-9-18(20(25)13-24)17-8-7-15-5-3-4-6-16(15)12-17/h3-8,11-12,18,20,25H,9-10,13H2,1-2H3/t18-,20+/m0/s1. The summed E-state index contributed by atoms with van der Waals surface area (Å²) >= 11 is 0. The number of fused-ring (bicyclic) bond motifs is 1. The highest BCUT2D eigenvalue weighted by Crippen LogP contribution is 2.31. The molecular formula is C21H23N3O2. The van der Waals surface area contributed by atoms with Crippen LogP contribution in [-0.4, -0.2) is 44.9 Å². The van der Waals surface area contributed by atoms with Gasteiger partial charge in [-0.1, -0.05) is 42.5 Å². The number of carbonyl (C=O) groups excluding carboxylic acids is 1. The van der Waals surface area contributed by atoms with Crippen molar-refractivity contribution in [3.8, 4) is 0 Å². The van der Waals surface area contributed by atoms with E-state index in [0.717, 1.165) is 17.7 Å². The first-order valence-corrected chi connectivity index (χ1v) is 8.99. The summed E-state index contributed by atoms with van der Waals surface area (Å²) in [7, 11) is 1.78. The van der Waals surface area contributed by atoms with Crippen LogP contribution in [0.15, 0.2) is 48.5 Å². The summed E-state index contributed by atoms with van der Waals surface area (Å²) in [5.41, 5.74) is 2.53. The second kappa shape index (κ2) is 6.57. The van der Waals surface area contributed by atoms with Gasteiger partial charge in [0.25, 0.3) is 5.91 Å². The van der Waals surface area contributed by atoms with Gasteiger partial charge in [-0.05, 0) is 35.7 Å². The fourth-order valence-electron chi connectivity index (χ4n) is 3.92. The normalized spacial score (nSPS) is 20.5. The number of aliphatic hydroxyl groups is 1. The van der Waals surface area contributed by atoms with Crippen LogP contribution in [0.1, 0.15) is 34.1 Å². The van der Waals surface area contributed by atoms with E-state index in [1.807, 2.05) is 19.1 Å². The number of hydrogen-bond acceptors (Lipinski definition) is 3. The number of nitrogens with zero attached hydrogens (tertiary/aromatic N) is 3. The molecule has 0 aliphatic carbocycles. The second-order valence-electron chi connectivity index (χ2n) is 7.11. The Kier molecular flexibility index (Phi) is 4.24. The van der Waals surface area contributed by atoms with Crippen molar-refractivity contribution in [1.82, 2.24) is 14.7 Å². The molecule has 1 aliphatic heterocycles. The van der Waals surface area contributed by atoms with Crippen molar-refractivity contribution < 1.29 is 9.90 Å². The maximum atomic E-state index is 12.8. The van der Waals surface area contributed by atoms with Crippen LogP contribution < -0.4 is 0 Å². The third kappa shape index (κ3) is 2.99. The highest BCUT2D eigenvalue weighted by Gasteiger charge is 2.32. The SMILES string of the molecule is Cc1cc(C(=O)N2CC[C@@H](c3ccc4ccccc4c3)[C@H](O)C2)n(C)n1. The van der Waals surface area contributed by atoms with Crippen molar-refractivity contribution in [3.05, 3.63) is 65.5 Å². The van der Waals surface area contributed by atoms with E-state index in [1.54, 1.807) is 22.7 Å². The molecule has 0 spiro atoms. The quantitative estimate of drug-likeness (QED) is 0.774. The summed E-state index contributed by atoms with van der Waals surface area (Å²) in [6, 6.07) is 16.4. The number of likely N-dealkylation sites (tertiary alicyclic amines) is 1. The van der Waals surface area contributed by atoms with Crippen molar-refractivity contribution >= 4 is 16.7 Å². The van der Waals surface area contributed by atoms with Crippen LogP contribution in [0.3, 0.4) is 0 Å². The monoisotopic (exact) mass is 349 g/mol. The van der Waals surface area contributed by atoms with E-state index < -0.39 is 6.10 Å². The molecule has 5 nitrogen and oxygen atoms in total. The lowest BCUT2D eigenvalue weighted by molar-refractivity contribution is 0.0374. The highest BCUT2D eigenvalue weighted by molar-refractivity contribution is 5.92. The Labute approximate surface area is 152 Å². The Hall–Kier alpha value is -2.66. The van der Waals surface area contributed by atoms with Crippen molar-refractivity contribution in [2.45, 2.75) is 25.4 Å². The molecule has 4 rings (SSSR count). The molecule has 2 atom stereocenters. The van der Waals surface area contributed by atoms with Crippen molar-refractivity contribution in [1.29, 1.82) is 0 Å². The number of β-amino-alcohol motifs (C(OH)–C–C–N with tert-alkyl or cyclic N) is 1. The third-order valence-corrected chi connectivity index (χ3v) is 5.29. The first-order valence-electron chi connectivity index (χ1n) is 8.99. The molecule has 0 saturated carbocycles. The predicted octanol–water partition coefficient (Wildman–Crippen LogP) is 2.87. The van der Waals surface area contributed by atoms with Gasteiger partial charge in [-0.3, -0.25) is 9.48 Å². The average molecular weight is 349 g/mol. The average Bonchev–Trinajstić information content (AvgIpc) is 2.98. The number of hydrogen-bond donors (Lipinski definition) is 1. The summed E-state index contributed by atoms with van der Waals surface area (Å²) in [6.07, 6.45) is 0.186. The van der Waals surface area contributed by atoms with Gasteiger partial charge in [-0.25, -0.2) is 0 Å². The molecule has 26 heavy (non-hydrogen) atoms. The lowest BCUT2D eigenvalue weighted by atomic mass is 9.86. The molecule has 1 aromatic heterocycles. The van der Waals surface area contributed by atoms with Crippen LogP contribution in [-0.2, 0) is 7.05 Å². The Morgan fingerprint density at radius 3 is 2.62 bits per heavy atom. The third-order valence-electron chi connectivity index (χ3n) is 5.29. The topological polar surface area (TPSA) is 58.4 Å². The Morgan fingerprint density at radius 1 is 1.15 bits per heavy atom. The molecule has 0 bridgehead atoms. The fraction of sp³-hybridized carbons (Fsp3) is 0.333. The summed E-state index contributed by atoms with van der Waals surface area (Å²) in [5, 5.41) is 17.3. The maximum absolute atomic E-state index is 12.8. The van der Waals surface area contributed by atoms with Crippen molar-refractivity contribution in [2.75, 3.05) is 13.1 Å². The first-order chi connectivity index (χ1) is 12.5. The number of aromatic nitrogens is 2. The van der Waals surface area contributed by atoms with E-state index >= 15 is 0 Å². The summed E-state index contributed by atoms with van der Waals surface area (Å²) in [6.45, 7) is 2.86. The fourth-order valence-corrected chi connectivity index (χ4v) is 3.92. The van der Waals surface area contributed by atoms with Crippen molar-refractivity contribution in [3.63, 3.8) is 0 Å². The lowest BCUT2D eigenvalue weighted by Crippen LogP contribution is -2.46. The zero-order chi connectivity index (χ0) is 18.3. The molecule has 3 aromatic rings. The summed E-state index contributed by atoms with van der Waals surface area (Å²) < 4.78 is 1.61. The lowest BCUT2D eigenvalue weighted by Gasteiger charge is -2.36. The predicted molar refractivity (Wildman–Crippen MR) is 101 cm³/mol. The molecule has 0 unspecified atom stereocenters. The Bertz CT molecular complexity index is 963. The van der Waals surface area contributed by atoms with E-state index in [9.17, 15) is 9.90 Å². The van der Waals surface area contributed by atoms with E-state index in [4.69, 9.17) is 0 Å². The Balaban J connectivity index is 1.52. The van der Waals surface area contributed by atoms with E-state index in [2.05, 4.69) is 35.4 Å². The van der Waals surface area contributed by atoms with Gasteiger partial charge >= 0.3 is 0 Å². The molecule has 5 heteroatoms. The molecule has 2 heterocycles. The van der Waals surface area contributed by atoms with Gasteiger partial charge < -0.3 is 10.0 Å². The number of amides is 1. The molecule has 1 amide bonds. The smallest absolute Gasteiger partial charge is 0.272 e. The largest absolute Gasteiger partial charge is 0.391 e. The molecular weight excluding hydrogens is 326 g/mol. The molecule has 2 aromatic carbocycles. The van der Waals surface area contributed by atoms with Gasteiger partial charge in [-0.15, -0.1) is 0 Å². The molecule has 1 saturated heterocycles. The van der Waals surface area contributed by atoms with Crippen LogP contribution in [0.2, 0.25) is 0 Å². The van der Waals surface area contributed by atoms with Crippen LogP contribution in [0.4, 0.5) is 0 Å². The van der Waals surface area contributed by atoms with Gasteiger partial charge in [0.15, 0.2) is 0 Å². The minimum absolute atomic E-state index is 0.0527. The summed E-state index contributed by atoms with van der Waals surface area (Å²) in [5.74, 6) is -0.0129. The van der Waals surface area contributed by atoms with Crippen molar-refractivity contribution in [2.24, 2.45) is 7.05 Å². The number of carbonyl (C=O) groups is 1. The Morgan fingerprint density at radius 2 is 1.92 bits per heavy atom. The molecule has 0 radical (unpaired) electrons. The van der Waals surface area contributed by atoms with Gasteiger partial charge in [0, 0.05) is 26.1 Å². The summed E-state index contributed by atoms with van der Waals surface area (Å²) in [4.78, 5) is 14.5. The van der Waals surface area contributed by atoms with Gasteiger partial charge in [0.05, 0.1) is 11.8 Å². The number of aliphatic hydroxyl groups excluding tert-OH is 1. The van der Waals surface area contributed by atoms with Gasteiger partial charge in [0.2, 0.25) is 0 Å². The van der Waals surface area contributed by atoms with Crippen LogP contribution in [0.25, 0.3) is 10.8 Å². The zero-order valence-corrected chi connectivity index (χ0v) is 15.1. The van der Waals surface area contributed by atoms with Gasteiger partial charge in [-0.2, -0.15) is 5.10 Å². The maximum Gasteiger partial charge on any atom is 0.272 e. The number of piperidine rings is 1. The van der Waals surface area contributed by atoms with Crippen LogP contribution in [0, 0.1) is 6.92 Å². The number of rotatable bonds is 2. The van der Waals surface area contributed by atoms with Crippen LogP contribution >= 0.6 is 0 Å². The molecule has 1 aliphatic rings. The molecule has 134 valence electrons. The first kappa shape index (κ1) is 16.8. The number of benzene rings is 2. The minimum atomic E-state index is -0.566. The second-order valence-corrected chi connectivity index (χ2v) is 7.11. The molecule has 1 N–H and O–H groups in total. The van der Waals surface area contributed by atoms with Gasteiger partial charge in [0.1, 0.15) is 5.69 Å². The zero-order valence-electron chi connectivity index (χ0n) is 15.1. The molecule has 1 fully saturated rings. The van der Waals surface area contributed by atoms with E-state index in [0.29, 0.717) is 18.8 Å². The number of aryl methyl sites for hydroxylation is 2. The van der Waals surface area contributed by atoms with E-state index in [-0.39, 0.29) is 11.8 Å².